The van der Waals surface area contributed by atoms with Crippen LogP contribution in [0, 0.1) is 18.3 Å². The summed E-state index contributed by atoms with van der Waals surface area (Å²) in [6.45, 7) is 6.25. The fourth-order valence-electron chi connectivity index (χ4n) is 1.88. The Morgan fingerprint density at radius 3 is 2.68 bits per heavy atom. The van der Waals surface area contributed by atoms with Crippen LogP contribution in [0.4, 0.5) is 0 Å². The first kappa shape index (κ1) is 13.1. The molecule has 1 aromatic carbocycles. The van der Waals surface area contributed by atoms with Gasteiger partial charge in [-0.15, -0.1) is 0 Å². The maximum atomic E-state index is 9.04. The van der Waals surface area contributed by atoms with E-state index in [4.69, 9.17) is 10.00 Å². The van der Waals surface area contributed by atoms with Crippen LogP contribution in [0.2, 0.25) is 0 Å². The zero-order valence-electron chi connectivity index (χ0n) is 11.3. The molecule has 3 nitrogen and oxygen atoms in total. The van der Waals surface area contributed by atoms with Crippen molar-refractivity contribution in [2.45, 2.75) is 26.7 Å². The molecule has 0 saturated heterocycles. The van der Waals surface area contributed by atoms with Gasteiger partial charge in [-0.25, -0.2) is 4.98 Å². The number of nitriles is 1. The normalized spacial score (nSPS) is 10.3. The van der Waals surface area contributed by atoms with Crippen LogP contribution in [-0.2, 0) is 0 Å². The summed E-state index contributed by atoms with van der Waals surface area (Å²) in [6, 6.07) is 11.7. The largest absolute Gasteiger partial charge is 0.454 e. The van der Waals surface area contributed by atoms with Crippen molar-refractivity contribution in [3.05, 3.63) is 53.3 Å². The molecule has 19 heavy (non-hydrogen) atoms. The van der Waals surface area contributed by atoms with Crippen LogP contribution in [0.5, 0.6) is 11.5 Å². The van der Waals surface area contributed by atoms with E-state index in [9.17, 15) is 0 Å². The summed E-state index contributed by atoms with van der Waals surface area (Å²) in [7, 11) is 0. The van der Waals surface area contributed by atoms with E-state index in [1.54, 1.807) is 18.3 Å². The minimum atomic E-state index is 0.304. The second-order valence-electron chi connectivity index (χ2n) is 4.76. The van der Waals surface area contributed by atoms with E-state index in [-0.39, 0.29) is 0 Å². The Hall–Kier alpha value is -2.34. The highest BCUT2D eigenvalue weighted by Crippen LogP contribution is 2.32. The molecule has 2 aromatic rings. The van der Waals surface area contributed by atoms with Gasteiger partial charge in [-0.05, 0) is 42.2 Å². The van der Waals surface area contributed by atoms with Crippen molar-refractivity contribution in [2.75, 3.05) is 0 Å². The van der Waals surface area contributed by atoms with Crippen molar-refractivity contribution in [2.24, 2.45) is 0 Å². The summed E-state index contributed by atoms with van der Waals surface area (Å²) >= 11 is 0. The monoisotopic (exact) mass is 252 g/mol. The lowest BCUT2D eigenvalue weighted by atomic mass is 10.0. The predicted molar refractivity (Wildman–Crippen MR) is 74.3 cm³/mol. The highest BCUT2D eigenvalue weighted by atomic mass is 16.5. The highest BCUT2D eigenvalue weighted by Gasteiger charge is 2.11. The number of aryl methyl sites for hydroxylation is 1. The molecular formula is C16H16N2O. The van der Waals surface area contributed by atoms with E-state index >= 15 is 0 Å². The average Bonchev–Trinajstić information content (AvgIpc) is 2.39. The van der Waals surface area contributed by atoms with E-state index in [0.717, 1.165) is 16.9 Å². The van der Waals surface area contributed by atoms with E-state index in [0.29, 0.717) is 17.4 Å². The van der Waals surface area contributed by atoms with Gasteiger partial charge in [0.2, 0.25) is 0 Å². The van der Waals surface area contributed by atoms with E-state index in [2.05, 4.69) is 31.0 Å². The maximum Gasteiger partial charge on any atom is 0.183 e. The number of hydrogen-bond donors (Lipinski definition) is 0. The predicted octanol–water partition coefficient (Wildman–Crippen LogP) is 4.18. The Balaban J connectivity index is 2.43. The van der Waals surface area contributed by atoms with Gasteiger partial charge in [-0.3, -0.25) is 0 Å². The molecular weight excluding hydrogens is 236 g/mol. The summed E-state index contributed by atoms with van der Waals surface area (Å²) in [5.41, 5.74) is 2.55. The summed E-state index contributed by atoms with van der Waals surface area (Å²) in [5.74, 6) is 1.65. The summed E-state index contributed by atoms with van der Waals surface area (Å²) in [6.07, 6.45) is 1.59. The molecule has 1 aromatic heterocycles. The SMILES string of the molecule is Cc1ccc(C(C)C)c(Oc2cccnc2C#N)c1. The van der Waals surface area contributed by atoms with E-state index < -0.39 is 0 Å². The van der Waals surface area contributed by atoms with Gasteiger partial charge >= 0.3 is 0 Å². The van der Waals surface area contributed by atoms with Crippen molar-refractivity contribution < 1.29 is 4.74 Å². The van der Waals surface area contributed by atoms with Crippen LogP contribution in [0.25, 0.3) is 0 Å². The Kier molecular flexibility index (Phi) is 3.82. The molecule has 0 amide bonds. The molecule has 0 unspecified atom stereocenters. The van der Waals surface area contributed by atoms with Gasteiger partial charge in [-0.2, -0.15) is 5.26 Å². The Morgan fingerprint density at radius 2 is 2.00 bits per heavy atom. The fourth-order valence-corrected chi connectivity index (χ4v) is 1.88. The molecule has 0 fully saturated rings. The fraction of sp³-hybridized carbons (Fsp3) is 0.250. The number of pyridine rings is 1. The first-order valence-electron chi connectivity index (χ1n) is 6.25. The zero-order valence-corrected chi connectivity index (χ0v) is 11.3. The topological polar surface area (TPSA) is 45.9 Å². The molecule has 2 rings (SSSR count). The second kappa shape index (κ2) is 5.53. The van der Waals surface area contributed by atoms with Gasteiger partial charge in [0.15, 0.2) is 11.4 Å². The van der Waals surface area contributed by atoms with Gasteiger partial charge < -0.3 is 4.74 Å². The third-order valence-corrected chi connectivity index (χ3v) is 2.89. The third-order valence-electron chi connectivity index (χ3n) is 2.89. The van der Waals surface area contributed by atoms with Crippen LogP contribution in [0.3, 0.4) is 0 Å². The number of hydrogen-bond acceptors (Lipinski definition) is 3. The van der Waals surface area contributed by atoms with Crippen molar-refractivity contribution in [1.82, 2.24) is 4.98 Å². The van der Waals surface area contributed by atoms with Crippen LogP contribution < -0.4 is 4.74 Å². The smallest absolute Gasteiger partial charge is 0.183 e. The van der Waals surface area contributed by atoms with Crippen molar-refractivity contribution in [3.63, 3.8) is 0 Å². The molecule has 0 spiro atoms. The first-order chi connectivity index (χ1) is 9.11. The number of benzene rings is 1. The summed E-state index contributed by atoms with van der Waals surface area (Å²) in [5, 5.41) is 9.04. The van der Waals surface area contributed by atoms with Gasteiger partial charge in [0, 0.05) is 6.20 Å². The Bertz CT molecular complexity index is 627. The third kappa shape index (κ3) is 2.92. The van der Waals surface area contributed by atoms with Gasteiger partial charge in [0.1, 0.15) is 11.8 Å². The Labute approximate surface area is 113 Å². The molecule has 0 radical (unpaired) electrons. The number of ether oxygens (including phenoxy) is 1. The summed E-state index contributed by atoms with van der Waals surface area (Å²) < 4.78 is 5.89. The molecule has 0 aliphatic heterocycles. The van der Waals surface area contributed by atoms with Gasteiger partial charge in [0.05, 0.1) is 0 Å². The lowest BCUT2D eigenvalue weighted by Crippen LogP contribution is -1.97. The lowest BCUT2D eigenvalue weighted by Gasteiger charge is -2.14. The van der Waals surface area contributed by atoms with Crippen LogP contribution in [0.15, 0.2) is 36.5 Å². The standard InChI is InChI=1S/C16H16N2O/c1-11(2)13-7-6-12(3)9-16(13)19-15-5-4-8-18-14(15)10-17/h4-9,11H,1-3H3. The lowest BCUT2D eigenvalue weighted by molar-refractivity contribution is 0.468. The molecule has 0 saturated carbocycles. The molecule has 1 heterocycles. The molecule has 0 atom stereocenters. The van der Waals surface area contributed by atoms with Crippen LogP contribution in [-0.4, -0.2) is 4.98 Å². The number of rotatable bonds is 3. The quantitative estimate of drug-likeness (QED) is 0.823. The number of aromatic nitrogens is 1. The van der Waals surface area contributed by atoms with Gasteiger partial charge in [-0.1, -0.05) is 26.0 Å². The van der Waals surface area contributed by atoms with Crippen molar-refractivity contribution in [3.8, 4) is 17.6 Å². The van der Waals surface area contributed by atoms with Crippen LogP contribution >= 0.6 is 0 Å². The minimum absolute atomic E-state index is 0.304. The van der Waals surface area contributed by atoms with E-state index in [1.165, 1.54) is 0 Å². The Morgan fingerprint density at radius 1 is 1.21 bits per heavy atom. The minimum Gasteiger partial charge on any atom is -0.454 e. The maximum absolute atomic E-state index is 9.04. The molecule has 96 valence electrons. The summed E-state index contributed by atoms with van der Waals surface area (Å²) in [4.78, 5) is 4.00. The van der Waals surface area contributed by atoms with Crippen LogP contribution in [0.1, 0.15) is 36.6 Å². The van der Waals surface area contributed by atoms with Gasteiger partial charge in [0.25, 0.3) is 0 Å². The zero-order chi connectivity index (χ0) is 13.8. The highest BCUT2D eigenvalue weighted by molar-refractivity contribution is 5.45. The first-order valence-corrected chi connectivity index (χ1v) is 6.25. The molecule has 3 heteroatoms. The second-order valence-corrected chi connectivity index (χ2v) is 4.76. The van der Waals surface area contributed by atoms with Crippen molar-refractivity contribution >= 4 is 0 Å². The van der Waals surface area contributed by atoms with Crippen molar-refractivity contribution in [1.29, 1.82) is 5.26 Å². The molecule has 0 N–H and O–H groups in total. The molecule has 0 aliphatic carbocycles. The molecule has 0 bridgehead atoms. The van der Waals surface area contributed by atoms with E-state index in [1.807, 2.05) is 19.1 Å². The number of nitrogens with zero attached hydrogens (tertiary/aromatic N) is 2. The molecule has 0 aliphatic rings. The average molecular weight is 252 g/mol.